The molecular formula is C42H36ClF10N8O7S2-. The van der Waals surface area contributed by atoms with Gasteiger partial charge >= 0.3 is 18.3 Å². The van der Waals surface area contributed by atoms with E-state index in [2.05, 4.69) is 32.3 Å². The second-order valence-electron chi connectivity index (χ2n) is 16.8. The van der Waals surface area contributed by atoms with E-state index in [1.165, 1.54) is 32.0 Å². The number of sulfone groups is 1. The van der Waals surface area contributed by atoms with Crippen molar-refractivity contribution in [2.75, 3.05) is 19.5 Å². The van der Waals surface area contributed by atoms with Gasteiger partial charge in [0.25, 0.3) is 5.92 Å². The summed E-state index contributed by atoms with van der Waals surface area (Å²) < 4.78 is 200. The maximum Gasteiger partial charge on any atom is 0.435 e. The Balaban J connectivity index is 1.44. The van der Waals surface area contributed by atoms with Crippen molar-refractivity contribution in [3.63, 3.8) is 0 Å². The van der Waals surface area contributed by atoms with E-state index in [9.17, 15) is 61.9 Å². The molecule has 1 fully saturated rings. The number of halogens is 11. The molecule has 1 saturated carbocycles. The highest BCUT2D eigenvalue weighted by molar-refractivity contribution is 7.92. The van der Waals surface area contributed by atoms with E-state index >= 15 is 8.78 Å². The second kappa shape index (κ2) is 18.8. The third-order valence-corrected chi connectivity index (χ3v) is 14.4. The molecule has 2 aromatic carbocycles. The number of nitrogens with zero attached hydrogens (tertiary/aromatic N) is 6. The summed E-state index contributed by atoms with van der Waals surface area (Å²) in [5.74, 6) is -5.98. The number of nitrogens with two attached hydrogens (primary N) is 1. The molecule has 2 aliphatic carbocycles. The van der Waals surface area contributed by atoms with Crippen molar-refractivity contribution in [3.05, 3.63) is 98.7 Å². The van der Waals surface area contributed by atoms with Crippen molar-refractivity contribution in [2.45, 2.75) is 81.3 Å². The molecule has 0 aliphatic heterocycles. The first-order valence-electron chi connectivity index (χ1n) is 20.4. The lowest BCUT2D eigenvalue weighted by atomic mass is 9.93. The van der Waals surface area contributed by atoms with E-state index in [-0.39, 0.29) is 43.9 Å². The van der Waals surface area contributed by atoms with Crippen molar-refractivity contribution in [2.24, 2.45) is 11.7 Å². The molecule has 70 heavy (non-hydrogen) atoms. The number of carbonyl (C=O) groups excluding carboxylic acids is 2. The van der Waals surface area contributed by atoms with E-state index in [1.807, 2.05) is 0 Å². The topological polar surface area (TPSA) is 207 Å². The van der Waals surface area contributed by atoms with Gasteiger partial charge in [-0.2, -0.15) is 49.6 Å². The van der Waals surface area contributed by atoms with E-state index in [4.69, 9.17) is 22.1 Å². The van der Waals surface area contributed by atoms with Crippen LogP contribution in [-0.2, 0) is 73.6 Å². The van der Waals surface area contributed by atoms with Gasteiger partial charge in [0, 0.05) is 51.6 Å². The first kappa shape index (κ1) is 52.2. The number of ether oxygens (including phenoxy) is 1. The fraction of sp³-hybridized carbons (Fsp3) is 0.405. The molecule has 0 spiro atoms. The van der Waals surface area contributed by atoms with Crippen LogP contribution >= 0.6 is 11.6 Å². The van der Waals surface area contributed by atoms with Crippen molar-refractivity contribution < 1.29 is 75.4 Å². The lowest BCUT2D eigenvalue weighted by molar-refractivity contribution is -0.145. The van der Waals surface area contributed by atoms with Crippen molar-refractivity contribution in [1.82, 2.24) is 34.2 Å². The number of pyridine rings is 1. The highest BCUT2D eigenvalue weighted by atomic mass is 35.5. The minimum Gasteiger partial charge on any atom is -0.759 e. The molecular weight excluding hydrogens is 1020 g/mol. The smallest absolute Gasteiger partial charge is 0.435 e. The number of fused-ring (bicyclic) bond motifs is 4. The predicted molar refractivity (Wildman–Crippen MR) is 227 cm³/mol. The fourth-order valence-corrected chi connectivity index (χ4v) is 8.84. The maximum atomic E-state index is 15.5. The van der Waals surface area contributed by atoms with Gasteiger partial charge in [0.05, 0.1) is 41.1 Å². The standard InChI is InChI=1S/C42H37ClF10N8O7S2/c1-39(2,70(3,66)67)9-8-23-4-5-24(25-6-7-28(43)34-30(57-61(36(25)34)18-40(46,47)48)16-59(69(64)65)19-68-32(63)15-54)35(55-23)29(12-20-10-21(44)13-22(45)11-20)56-31(62)17-60-38-33(37(58-60)42(51,52)53)26-14-27(26)41(38,49)50/h4-7,10-11,13,26-27,29H,12,14-19,54H2,1-3H3,(H,56,62)(H,64,65)/p-1/t26-,27+,29?/m0/s1. The maximum absolute atomic E-state index is 15.5. The van der Waals surface area contributed by atoms with Crippen LogP contribution in [0.25, 0.3) is 22.0 Å². The van der Waals surface area contributed by atoms with Crippen LogP contribution in [0.3, 0.4) is 0 Å². The molecule has 15 nitrogen and oxygen atoms in total. The van der Waals surface area contributed by atoms with E-state index in [0.717, 1.165) is 24.5 Å². The number of hydrogen-bond acceptors (Lipinski definition) is 11. The zero-order valence-corrected chi connectivity index (χ0v) is 38.7. The summed E-state index contributed by atoms with van der Waals surface area (Å²) in [4.78, 5) is 30.4. The molecule has 376 valence electrons. The summed E-state index contributed by atoms with van der Waals surface area (Å²) in [5, 5.41) is 9.27. The Morgan fingerprint density at radius 3 is 2.31 bits per heavy atom. The quantitative estimate of drug-likeness (QED) is 0.0389. The molecule has 0 bridgehead atoms. The van der Waals surface area contributed by atoms with Crippen molar-refractivity contribution in [1.29, 1.82) is 0 Å². The SMILES string of the molecule is CC(C)(C#Cc1ccc(-c2ccc(Cl)c3c(CN(COC(=O)CN)S(=O)[O-])nn(CC(F)(F)F)c23)c(C(Cc2cc(F)cc(F)c2)NC(=O)Cn2nc(C(F)(F)F)c3c2C(F)(F)[C@@H]2C[C@H]32)n1)S(C)(=O)=O. The number of aromatic nitrogens is 5. The monoisotopic (exact) mass is 1050 g/mol. The number of rotatable bonds is 15. The van der Waals surface area contributed by atoms with Crippen LogP contribution in [0.4, 0.5) is 43.9 Å². The van der Waals surface area contributed by atoms with Crippen molar-refractivity contribution in [3.8, 4) is 23.0 Å². The molecule has 0 saturated heterocycles. The average Bonchev–Trinajstić information content (AvgIpc) is 3.75. The minimum atomic E-state index is -5.21. The van der Waals surface area contributed by atoms with Crippen LogP contribution in [-0.4, -0.2) is 88.4 Å². The summed E-state index contributed by atoms with van der Waals surface area (Å²) in [6.07, 6.45) is -10.3. The molecule has 0 radical (unpaired) electrons. The lowest BCUT2D eigenvalue weighted by Gasteiger charge is -2.23. The number of alkyl halides is 8. The van der Waals surface area contributed by atoms with Crippen LogP contribution in [0, 0.1) is 29.4 Å². The number of hydrogen-bond donors (Lipinski definition) is 2. The van der Waals surface area contributed by atoms with Crippen LogP contribution < -0.4 is 11.1 Å². The van der Waals surface area contributed by atoms with Gasteiger partial charge < -0.3 is 20.3 Å². The van der Waals surface area contributed by atoms with Crippen molar-refractivity contribution >= 4 is 55.5 Å². The van der Waals surface area contributed by atoms with Gasteiger partial charge in [-0.1, -0.05) is 23.6 Å². The van der Waals surface area contributed by atoms with Gasteiger partial charge in [0.15, 0.2) is 22.3 Å². The normalized spacial score (nSPS) is 17.4. The molecule has 4 atom stereocenters. The Bertz CT molecular complexity index is 3110. The predicted octanol–water partition coefficient (Wildman–Crippen LogP) is 6.35. The van der Waals surface area contributed by atoms with Crippen LogP contribution in [0.15, 0.2) is 42.5 Å². The Labute approximate surface area is 398 Å². The van der Waals surface area contributed by atoms with Crippen LogP contribution in [0.1, 0.15) is 71.8 Å². The average molecular weight is 1050 g/mol. The first-order chi connectivity index (χ1) is 32.4. The highest BCUT2D eigenvalue weighted by Crippen LogP contribution is 2.68. The fourth-order valence-electron chi connectivity index (χ4n) is 7.97. The zero-order chi connectivity index (χ0) is 51.6. The number of amides is 1. The Morgan fingerprint density at radius 1 is 1.06 bits per heavy atom. The summed E-state index contributed by atoms with van der Waals surface area (Å²) in [6, 6.07) is 5.13. The molecule has 3 heterocycles. The molecule has 2 unspecified atom stereocenters. The Morgan fingerprint density at radius 2 is 1.71 bits per heavy atom. The van der Waals surface area contributed by atoms with Gasteiger partial charge in [0.1, 0.15) is 40.9 Å². The summed E-state index contributed by atoms with van der Waals surface area (Å²) in [7, 11) is -3.88. The van der Waals surface area contributed by atoms with E-state index in [0.29, 0.717) is 15.1 Å². The van der Waals surface area contributed by atoms with Gasteiger partial charge in [-0.05, 0) is 74.4 Å². The third kappa shape index (κ3) is 10.8. The molecule has 1 amide bonds. The van der Waals surface area contributed by atoms with Gasteiger partial charge in [0.2, 0.25) is 5.91 Å². The number of nitrogens with one attached hydrogen (secondary N) is 1. The minimum absolute atomic E-state index is 0.206. The highest BCUT2D eigenvalue weighted by Gasteiger charge is 2.68. The molecule has 5 aromatic rings. The number of esters is 1. The largest absolute Gasteiger partial charge is 0.759 e. The number of carbonyl (C=O) groups is 2. The van der Waals surface area contributed by atoms with E-state index < -0.39 is 159 Å². The first-order valence-corrected chi connectivity index (χ1v) is 23.7. The zero-order valence-electron chi connectivity index (χ0n) is 36.3. The molecule has 3 N–H and O–H groups in total. The summed E-state index contributed by atoms with van der Waals surface area (Å²) >= 11 is 3.39. The Kier molecular flexibility index (Phi) is 14.0. The molecule has 3 aromatic heterocycles. The van der Waals surface area contributed by atoms with Gasteiger partial charge in [-0.25, -0.2) is 22.2 Å². The van der Waals surface area contributed by atoms with Crippen LogP contribution in [0.5, 0.6) is 0 Å². The number of benzene rings is 2. The second-order valence-corrected chi connectivity index (χ2v) is 20.8. The Hall–Kier alpha value is -5.66. The van der Waals surface area contributed by atoms with E-state index in [1.54, 1.807) is 0 Å². The van der Waals surface area contributed by atoms with Crippen LogP contribution in [0.2, 0.25) is 5.02 Å². The molecule has 2 aliphatic rings. The molecule has 7 rings (SSSR count). The summed E-state index contributed by atoms with van der Waals surface area (Å²) in [5.41, 5.74) is -0.532. The third-order valence-electron chi connectivity index (χ3n) is 11.5. The lowest BCUT2D eigenvalue weighted by Crippen LogP contribution is -2.35. The summed E-state index contributed by atoms with van der Waals surface area (Å²) in [6.45, 7) is -3.12. The van der Waals surface area contributed by atoms with Gasteiger partial charge in [-0.15, -0.1) is 0 Å². The van der Waals surface area contributed by atoms with Gasteiger partial charge in [-0.3, -0.25) is 23.2 Å². The molecule has 28 heteroatoms.